The van der Waals surface area contributed by atoms with Crippen molar-refractivity contribution in [2.24, 2.45) is 0 Å². The van der Waals surface area contributed by atoms with Crippen molar-refractivity contribution in [2.45, 2.75) is 36.9 Å². The van der Waals surface area contributed by atoms with E-state index in [4.69, 9.17) is 4.74 Å². The Bertz CT molecular complexity index is 1460. The molecule has 1 heterocycles. The van der Waals surface area contributed by atoms with Gasteiger partial charge in [-0.1, -0.05) is 66.7 Å². The average Bonchev–Trinajstić information content (AvgIpc) is 3.30. The first-order valence-electron chi connectivity index (χ1n) is 11.9. The molecule has 0 aromatic heterocycles. The number of sulfonamides is 1. The van der Waals surface area contributed by atoms with Crippen LogP contribution in [-0.4, -0.2) is 31.3 Å². The van der Waals surface area contributed by atoms with Gasteiger partial charge >= 0.3 is 12.1 Å². The van der Waals surface area contributed by atoms with Crippen LogP contribution in [0.25, 0.3) is 5.70 Å². The summed E-state index contributed by atoms with van der Waals surface area (Å²) < 4.78 is 74.3. The number of carbonyl (C=O) groups is 1. The standard InChI is InChI=1S/C29H26F3NO4S/c1-4-37-28(34)20(3)27-25(21-12-14-23(15-13-21)29(30,31)32)18-26(22-8-6-5-7-9-22)33(27)38(35,36)24-16-10-19(2)11-17-24/h5-18,25,27H,3-4H2,1-2H3/t25-,27-/m1/s1. The van der Waals surface area contributed by atoms with Crippen LogP contribution in [0.1, 0.15) is 35.1 Å². The van der Waals surface area contributed by atoms with Gasteiger partial charge in [0.15, 0.2) is 0 Å². The highest BCUT2D eigenvalue weighted by molar-refractivity contribution is 7.89. The molecule has 0 saturated carbocycles. The Kier molecular flexibility index (Phi) is 7.51. The summed E-state index contributed by atoms with van der Waals surface area (Å²) in [5.74, 6) is -1.61. The van der Waals surface area contributed by atoms with Crippen LogP contribution < -0.4 is 0 Å². The molecule has 4 rings (SSSR count). The molecule has 198 valence electrons. The summed E-state index contributed by atoms with van der Waals surface area (Å²) >= 11 is 0. The number of rotatable bonds is 7. The molecule has 3 aromatic rings. The van der Waals surface area contributed by atoms with Crippen molar-refractivity contribution < 1.29 is 31.1 Å². The molecule has 0 saturated heterocycles. The zero-order valence-corrected chi connectivity index (χ0v) is 21.6. The van der Waals surface area contributed by atoms with Gasteiger partial charge in [-0.25, -0.2) is 13.2 Å². The van der Waals surface area contributed by atoms with Gasteiger partial charge in [0.25, 0.3) is 10.0 Å². The van der Waals surface area contributed by atoms with Gasteiger partial charge in [0.05, 0.1) is 34.4 Å². The summed E-state index contributed by atoms with van der Waals surface area (Å²) in [4.78, 5) is 12.9. The van der Waals surface area contributed by atoms with E-state index in [1.54, 1.807) is 55.5 Å². The summed E-state index contributed by atoms with van der Waals surface area (Å²) in [5.41, 5.74) is 1.12. The molecule has 0 radical (unpaired) electrons. The molecule has 5 nitrogen and oxygen atoms in total. The number of aryl methyl sites for hydroxylation is 1. The van der Waals surface area contributed by atoms with Gasteiger partial charge in [0.1, 0.15) is 0 Å². The van der Waals surface area contributed by atoms with Gasteiger partial charge in [0.2, 0.25) is 0 Å². The van der Waals surface area contributed by atoms with E-state index in [-0.39, 0.29) is 22.8 Å². The highest BCUT2D eigenvalue weighted by Gasteiger charge is 2.46. The molecule has 1 aliphatic rings. The van der Waals surface area contributed by atoms with Gasteiger partial charge in [-0.3, -0.25) is 4.31 Å². The number of hydrogen-bond donors (Lipinski definition) is 0. The fraction of sp³-hybridized carbons (Fsp3) is 0.207. The molecule has 2 atom stereocenters. The van der Waals surface area contributed by atoms with E-state index in [0.29, 0.717) is 11.1 Å². The predicted octanol–water partition coefficient (Wildman–Crippen LogP) is 6.33. The van der Waals surface area contributed by atoms with E-state index < -0.39 is 39.7 Å². The van der Waals surface area contributed by atoms with E-state index in [2.05, 4.69) is 6.58 Å². The molecule has 9 heteroatoms. The third kappa shape index (κ3) is 5.24. The molecular weight excluding hydrogens is 515 g/mol. The van der Waals surface area contributed by atoms with Crippen LogP contribution in [0.2, 0.25) is 0 Å². The van der Waals surface area contributed by atoms with E-state index in [1.165, 1.54) is 24.3 Å². The molecule has 1 aliphatic heterocycles. The largest absolute Gasteiger partial charge is 0.463 e. The molecule has 0 fully saturated rings. The number of esters is 1. The summed E-state index contributed by atoms with van der Waals surface area (Å²) in [6.45, 7) is 7.37. The number of nitrogens with zero attached hydrogens (tertiary/aromatic N) is 1. The molecule has 3 aromatic carbocycles. The van der Waals surface area contributed by atoms with Crippen molar-refractivity contribution >= 4 is 21.7 Å². The summed E-state index contributed by atoms with van der Waals surface area (Å²) in [6, 6.07) is 18.3. The molecule has 0 amide bonds. The zero-order chi connectivity index (χ0) is 27.7. The van der Waals surface area contributed by atoms with Crippen molar-refractivity contribution in [2.75, 3.05) is 6.61 Å². The van der Waals surface area contributed by atoms with Gasteiger partial charge < -0.3 is 4.74 Å². The van der Waals surface area contributed by atoms with Crippen molar-refractivity contribution in [3.63, 3.8) is 0 Å². The minimum atomic E-state index is -4.53. The normalized spacial score (nSPS) is 17.7. The smallest absolute Gasteiger partial charge is 0.416 e. The molecule has 0 bridgehead atoms. The third-order valence-corrected chi connectivity index (χ3v) is 8.14. The lowest BCUT2D eigenvalue weighted by atomic mass is 9.88. The predicted molar refractivity (Wildman–Crippen MR) is 138 cm³/mol. The summed E-state index contributed by atoms with van der Waals surface area (Å²) in [7, 11) is -4.25. The van der Waals surface area contributed by atoms with E-state index in [0.717, 1.165) is 22.0 Å². The Morgan fingerprint density at radius 2 is 1.58 bits per heavy atom. The maximum Gasteiger partial charge on any atom is 0.416 e. The molecular formula is C29H26F3NO4S. The van der Waals surface area contributed by atoms with Crippen LogP contribution >= 0.6 is 0 Å². The van der Waals surface area contributed by atoms with Gasteiger partial charge in [-0.15, -0.1) is 0 Å². The fourth-order valence-electron chi connectivity index (χ4n) is 4.44. The molecule has 0 aliphatic carbocycles. The Labute approximate surface area is 219 Å². The first kappa shape index (κ1) is 27.2. The SMILES string of the molecule is C=C(C(=O)OCC)[C@@H]1[C@@H](c2ccc(C(F)(F)F)cc2)C=C(c2ccccc2)N1S(=O)(=O)c1ccc(C)cc1. The van der Waals surface area contributed by atoms with Crippen LogP contribution in [0.3, 0.4) is 0 Å². The second-order valence-corrected chi connectivity index (χ2v) is 10.7. The third-order valence-electron chi connectivity index (χ3n) is 6.33. The first-order valence-corrected chi connectivity index (χ1v) is 13.3. The van der Waals surface area contributed by atoms with Gasteiger partial charge in [-0.05, 0) is 55.3 Å². The Morgan fingerprint density at radius 3 is 2.13 bits per heavy atom. The topological polar surface area (TPSA) is 63.7 Å². The number of carbonyl (C=O) groups excluding carboxylic acids is 1. The average molecular weight is 542 g/mol. The Morgan fingerprint density at radius 1 is 0.974 bits per heavy atom. The fourth-order valence-corrected chi connectivity index (χ4v) is 6.13. The van der Waals surface area contributed by atoms with Crippen LogP contribution in [0.5, 0.6) is 0 Å². The summed E-state index contributed by atoms with van der Waals surface area (Å²) in [6.07, 6.45) is -2.88. The number of hydrogen-bond acceptors (Lipinski definition) is 4. The van der Waals surface area contributed by atoms with Crippen molar-refractivity contribution in [1.82, 2.24) is 4.31 Å². The van der Waals surface area contributed by atoms with Crippen LogP contribution in [-0.2, 0) is 25.7 Å². The van der Waals surface area contributed by atoms with Crippen molar-refractivity contribution in [3.8, 4) is 0 Å². The molecule has 0 unspecified atom stereocenters. The highest BCUT2D eigenvalue weighted by Crippen LogP contribution is 2.46. The van der Waals surface area contributed by atoms with Crippen LogP contribution in [0.4, 0.5) is 13.2 Å². The Balaban J connectivity index is 1.93. The highest BCUT2D eigenvalue weighted by atomic mass is 32.2. The summed E-state index contributed by atoms with van der Waals surface area (Å²) in [5, 5.41) is 0. The van der Waals surface area contributed by atoms with E-state index in [9.17, 15) is 26.4 Å². The maximum atomic E-state index is 14.1. The molecule has 0 N–H and O–H groups in total. The zero-order valence-electron chi connectivity index (χ0n) is 20.8. The van der Waals surface area contributed by atoms with Gasteiger partial charge in [0, 0.05) is 5.92 Å². The lowest BCUT2D eigenvalue weighted by Gasteiger charge is -2.32. The van der Waals surface area contributed by atoms with Crippen molar-refractivity contribution in [3.05, 3.63) is 119 Å². The maximum absolute atomic E-state index is 14.1. The number of halogens is 3. The second kappa shape index (κ2) is 10.5. The van der Waals surface area contributed by atoms with E-state index >= 15 is 0 Å². The molecule has 0 spiro atoms. The second-order valence-electron chi connectivity index (χ2n) is 8.87. The Hall–Kier alpha value is -3.85. The minimum Gasteiger partial charge on any atom is -0.463 e. The van der Waals surface area contributed by atoms with Gasteiger partial charge in [-0.2, -0.15) is 13.2 Å². The monoisotopic (exact) mass is 541 g/mol. The van der Waals surface area contributed by atoms with Crippen molar-refractivity contribution in [1.29, 1.82) is 0 Å². The number of benzene rings is 3. The number of alkyl halides is 3. The lowest BCUT2D eigenvalue weighted by Crippen LogP contribution is -2.41. The quantitative estimate of drug-likeness (QED) is 0.259. The molecule has 38 heavy (non-hydrogen) atoms. The van der Waals surface area contributed by atoms with E-state index in [1.807, 2.05) is 6.92 Å². The number of ether oxygens (including phenoxy) is 1. The van der Waals surface area contributed by atoms with Crippen LogP contribution in [0, 0.1) is 6.92 Å². The lowest BCUT2D eigenvalue weighted by molar-refractivity contribution is -0.139. The van der Waals surface area contributed by atoms with Crippen LogP contribution in [0.15, 0.2) is 102 Å². The minimum absolute atomic E-state index is 0.000315. The first-order chi connectivity index (χ1) is 17.9.